The number of hydrogen-bond donors (Lipinski definition) is 1. The van der Waals surface area contributed by atoms with Crippen molar-refractivity contribution in [3.63, 3.8) is 0 Å². The van der Waals surface area contributed by atoms with E-state index in [1.165, 1.54) is 28.9 Å². The third-order valence-corrected chi connectivity index (χ3v) is 1.67. The second kappa shape index (κ2) is 2.55. The minimum absolute atomic E-state index is 0.130. The Hall–Kier alpha value is -1.91. The summed E-state index contributed by atoms with van der Waals surface area (Å²) in [6, 6.07) is 2.51. The van der Waals surface area contributed by atoms with Gasteiger partial charge in [0.25, 0.3) is 5.91 Å². The smallest absolute Gasteiger partial charge is 0.268 e. The third kappa shape index (κ3) is 1.24. The lowest BCUT2D eigenvalue weighted by atomic mass is 10.4. The van der Waals surface area contributed by atoms with Crippen molar-refractivity contribution in [2.45, 2.75) is 0 Å². The fourth-order valence-electron chi connectivity index (χ4n) is 1.08. The fourth-order valence-corrected chi connectivity index (χ4v) is 1.08. The van der Waals surface area contributed by atoms with Crippen molar-refractivity contribution in [1.29, 1.82) is 0 Å². The molecular formula is C8H6FN3O. The van der Waals surface area contributed by atoms with Gasteiger partial charge in [0.1, 0.15) is 17.2 Å². The second-order valence-electron chi connectivity index (χ2n) is 2.60. The predicted octanol–water partition coefficient (Wildman–Crippen LogP) is 0.572. The van der Waals surface area contributed by atoms with Gasteiger partial charge in [-0.15, -0.1) is 0 Å². The number of fused-ring (bicyclic) bond motifs is 1. The summed E-state index contributed by atoms with van der Waals surface area (Å²) in [6.45, 7) is 0. The lowest BCUT2D eigenvalue weighted by Crippen LogP contribution is -2.10. The molecule has 0 radical (unpaired) electrons. The van der Waals surface area contributed by atoms with E-state index in [4.69, 9.17) is 5.73 Å². The van der Waals surface area contributed by atoms with Gasteiger partial charge in [-0.3, -0.25) is 4.79 Å². The Balaban J connectivity index is 2.68. The normalized spacial score (nSPS) is 10.5. The number of halogens is 1. The molecule has 0 atom stereocenters. The molecule has 0 fully saturated rings. The van der Waals surface area contributed by atoms with Gasteiger partial charge in [0, 0.05) is 18.5 Å². The number of amides is 1. The van der Waals surface area contributed by atoms with Crippen LogP contribution in [0.5, 0.6) is 0 Å². The summed E-state index contributed by atoms with van der Waals surface area (Å²) in [5.74, 6) is -1.02. The molecule has 13 heavy (non-hydrogen) atoms. The summed E-state index contributed by atoms with van der Waals surface area (Å²) in [5, 5.41) is 0. The summed E-state index contributed by atoms with van der Waals surface area (Å²) in [4.78, 5) is 14.5. The van der Waals surface area contributed by atoms with E-state index in [0.29, 0.717) is 5.65 Å². The summed E-state index contributed by atoms with van der Waals surface area (Å²) in [5.41, 5.74) is 5.51. The minimum Gasteiger partial charge on any atom is -0.364 e. The Morgan fingerprint density at radius 1 is 1.62 bits per heavy atom. The molecule has 2 heterocycles. The van der Waals surface area contributed by atoms with Gasteiger partial charge >= 0.3 is 0 Å². The SMILES string of the molecule is NC(=O)c1cn2ccc(F)cc2n1. The van der Waals surface area contributed by atoms with Crippen LogP contribution in [0.2, 0.25) is 0 Å². The van der Waals surface area contributed by atoms with E-state index in [-0.39, 0.29) is 5.69 Å². The van der Waals surface area contributed by atoms with Crippen molar-refractivity contribution < 1.29 is 9.18 Å². The monoisotopic (exact) mass is 179 g/mol. The molecular weight excluding hydrogens is 173 g/mol. The van der Waals surface area contributed by atoms with E-state index < -0.39 is 11.7 Å². The zero-order chi connectivity index (χ0) is 9.42. The first-order valence-electron chi connectivity index (χ1n) is 3.61. The Kier molecular flexibility index (Phi) is 1.51. The third-order valence-electron chi connectivity index (χ3n) is 1.67. The highest BCUT2D eigenvalue weighted by Gasteiger charge is 2.06. The molecule has 2 aromatic heterocycles. The molecule has 4 nitrogen and oxygen atoms in total. The number of carbonyl (C=O) groups is 1. The van der Waals surface area contributed by atoms with Gasteiger partial charge in [-0.25, -0.2) is 9.37 Å². The molecule has 0 spiro atoms. The van der Waals surface area contributed by atoms with Crippen molar-refractivity contribution in [2.75, 3.05) is 0 Å². The number of pyridine rings is 1. The van der Waals surface area contributed by atoms with Gasteiger partial charge in [-0.1, -0.05) is 0 Å². The Morgan fingerprint density at radius 3 is 3.08 bits per heavy atom. The molecule has 0 bridgehead atoms. The molecule has 2 aromatic rings. The van der Waals surface area contributed by atoms with E-state index in [1.807, 2.05) is 0 Å². The van der Waals surface area contributed by atoms with Crippen LogP contribution in [-0.4, -0.2) is 15.3 Å². The summed E-state index contributed by atoms with van der Waals surface area (Å²) < 4.78 is 14.2. The second-order valence-corrected chi connectivity index (χ2v) is 2.60. The maximum absolute atomic E-state index is 12.7. The first-order valence-corrected chi connectivity index (χ1v) is 3.61. The number of imidazole rings is 1. The maximum Gasteiger partial charge on any atom is 0.268 e. The van der Waals surface area contributed by atoms with Crippen LogP contribution in [0.4, 0.5) is 4.39 Å². The number of hydrogen-bond acceptors (Lipinski definition) is 2. The maximum atomic E-state index is 12.7. The van der Waals surface area contributed by atoms with E-state index in [9.17, 15) is 9.18 Å². The van der Waals surface area contributed by atoms with Gasteiger partial charge in [-0.05, 0) is 6.07 Å². The van der Waals surface area contributed by atoms with Gasteiger partial charge < -0.3 is 10.1 Å². The minimum atomic E-state index is -0.621. The molecule has 0 saturated carbocycles. The van der Waals surface area contributed by atoms with Crippen molar-refractivity contribution in [3.05, 3.63) is 36.0 Å². The van der Waals surface area contributed by atoms with E-state index in [0.717, 1.165) is 0 Å². The quantitative estimate of drug-likeness (QED) is 0.695. The van der Waals surface area contributed by atoms with Crippen LogP contribution in [0.1, 0.15) is 10.5 Å². The molecule has 2 N–H and O–H groups in total. The van der Waals surface area contributed by atoms with Crippen LogP contribution < -0.4 is 5.73 Å². The fraction of sp³-hybridized carbons (Fsp3) is 0. The van der Waals surface area contributed by atoms with E-state index >= 15 is 0 Å². The van der Waals surface area contributed by atoms with Gasteiger partial charge in [0.2, 0.25) is 0 Å². The van der Waals surface area contributed by atoms with Crippen LogP contribution in [-0.2, 0) is 0 Å². The van der Waals surface area contributed by atoms with Crippen LogP contribution in [0.15, 0.2) is 24.5 Å². The van der Waals surface area contributed by atoms with Gasteiger partial charge in [0.05, 0.1) is 0 Å². The first kappa shape index (κ1) is 7.72. The number of nitrogens with two attached hydrogens (primary N) is 1. The Bertz CT molecular complexity index is 477. The van der Waals surface area contributed by atoms with Crippen LogP contribution in [0, 0.1) is 5.82 Å². The van der Waals surface area contributed by atoms with Crippen LogP contribution in [0.3, 0.4) is 0 Å². The van der Waals surface area contributed by atoms with Crippen LogP contribution in [0.25, 0.3) is 5.65 Å². The molecule has 1 amide bonds. The Morgan fingerprint density at radius 2 is 2.38 bits per heavy atom. The lowest BCUT2D eigenvalue weighted by molar-refractivity contribution is 0.0996. The number of aromatic nitrogens is 2. The van der Waals surface area contributed by atoms with Gasteiger partial charge in [0.15, 0.2) is 0 Å². The van der Waals surface area contributed by atoms with Crippen molar-refractivity contribution >= 4 is 11.6 Å². The summed E-state index contributed by atoms with van der Waals surface area (Å²) in [6.07, 6.45) is 2.93. The molecule has 0 aliphatic heterocycles. The summed E-state index contributed by atoms with van der Waals surface area (Å²) >= 11 is 0. The van der Waals surface area contributed by atoms with Crippen LogP contribution >= 0.6 is 0 Å². The van der Waals surface area contributed by atoms with Crippen molar-refractivity contribution in [3.8, 4) is 0 Å². The lowest BCUT2D eigenvalue weighted by Gasteiger charge is -1.89. The molecule has 66 valence electrons. The number of rotatable bonds is 1. The Labute approximate surface area is 72.8 Å². The highest BCUT2D eigenvalue weighted by atomic mass is 19.1. The molecule has 5 heteroatoms. The number of nitrogens with zero attached hydrogens (tertiary/aromatic N) is 2. The van der Waals surface area contributed by atoms with E-state index in [2.05, 4.69) is 4.98 Å². The zero-order valence-corrected chi connectivity index (χ0v) is 6.57. The molecule has 2 rings (SSSR count). The van der Waals surface area contributed by atoms with E-state index in [1.54, 1.807) is 0 Å². The standard InChI is InChI=1S/C8H6FN3O/c9-5-1-2-12-4-6(8(10)13)11-7(12)3-5/h1-4H,(H2,10,13). The number of primary amides is 1. The average Bonchev–Trinajstić information content (AvgIpc) is 2.46. The molecule has 0 saturated heterocycles. The molecule has 0 aromatic carbocycles. The molecule has 0 aliphatic rings. The topological polar surface area (TPSA) is 60.4 Å². The first-order chi connectivity index (χ1) is 6.16. The molecule has 0 unspecified atom stereocenters. The van der Waals surface area contributed by atoms with Crippen molar-refractivity contribution in [1.82, 2.24) is 9.38 Å². The average molecular weight is 179 g/mol. The highest BCUT2D eigenvalue weighted by molar-refractivity contribution is 5.91. The molecule has 0 aliphatic carbocycles. The summed E-state index contributed by atoms with van der Waals surface area (Å²) in [7, 11) is 0. The number of carbonyl (C=O) groups excluding carboxylic acids is 1. The predicted molar refractivity (Wildman–Crippen MR) is 43.7 cm³/mol. The van der Waals surface area contributed by atoms with Gasteiger partial charge in [-0.2, -0.15) is 0 Å². The zero-order valence-electron chi connectivity index (χ0n) is 6.57. The van der Waals surface area contributed by atoms with Crippen molar-refractivity contribution in [2.24, 2.45) is 5.73 Å². The largest absolute Gasteiger partial charge is 0.364 e. The highest BCUT2D eigenvalue weighted by Crippen LogP contribution is 2.06.